The summed E-state index contributed by atoms with van der Waals surface area (Å²) in [5, 5.41) is 9.91. The van der Waals surface area contributed by atoms with E-state index in [-0.39, 0.29) is 5.60 Å². The fourth-order valence-corrected chi connectivity index (χ4v) is 3.10. The number of rotatable bonds is 0. The van der Waals surface area contributed by atoms with E-state index in [1.54, 1.807) is 0 Å². The van der Waals surface area contributed by atoms with Crippen molar-refractivity contribution < 1.29 is 5.11 Å². The molecule has 0 heterocycles. The van der Waals surface area contributed by atoms with E-state index in [2.05, 4.69) is 0 Å². The highest BCUT2D eigenvalue weighted by Gasteiger charge is 2.36. The molecule has 3 unspecified atom stereocenters. The van der Waals surface area contributed by atoms with Crippen LogP contribution in [-0.4, -0.2) is 10.7 Å². The van der Waals surface area contributed by atoms with Crippen LogP contribution in [0.15, 0.2) is 0 Å². The zero-order valence-electron chi connectivity index (χ0n) is 8.05. The fraction of sp³-hybridized carbons (Fsp3) is 1.00. The van der Waals surface area contributed by atoms with Gasteiger partial charge in [0.1, 0.15) is 0 Å². The van der Waals surface area contributed by atoms with Gasteiger partial charge in [-0.15, -0.1) is 0 Å². The maximum absolute atomic E-state index is 9.91. The summed E-state index contributed by atoms with van der Waals surface area (Å²) in [5.41, 5.74) is -0.335. The molecule has 1 nitrogen and oxygen atoms in total. The highest BCUT2D eigenvalue weighted by atomic mass is 16.3. The molecule has 70 valence electrons. The van der Waals surface area contributed by atoms with Gasteiger partial charge in [-0.2, -0.15) is 0 Å². The van der Waals surface area contributed by atoms with E-state index < -0.39 is 0 Å². The number of aliphatic hydroxyl groups is 1. The van der Waals surface area contributed by atoms with Gasteiger partial charge in [0.05, 0.1) is 5.60 Å². The van der Waals surface area contributed by atoms with Crippen LogP contribution in [0.3, 0.4) is 0 Å². The van der Waals surface area contributed by atoms with E-state index in [9.17, 15) is 5.11 Å². The summed E-state index contributed by atoms with van der Waals surface area (Å²) >= 11 is 0. The molecule has 2 aliphatic carbocycles. The standard InChI is InChI=1S/C11H20O/c1-11(12)7-6-9-4-2-3-5-10(9)8-11/h9-10,12H,2-8H2,1H3. The van der Waals surface area contributed by atoms with Crippen LogP contribution in [0.25, 0.3) is 0 Å². The van der Waals surface area contributed by atoms with Crippen LogP contribution in [0.2, 0.25) is 0 Å². The van der Waals surface area contributed by atoms with E-state index in [1.807, 2.05) is 6.92 Å². The van der Waals surface area contributed by atoms with Crippen molar-refractivity contribution in [3.05, 3.63) is 0 Å². The molecule has 2 saturated carbocycles. The third-order valence-corrected chi connectivity index (χ3v) is 3.82. The molecule has 0 bridgehead atoms. The van der Waals surface area contributed by atoms with E-state index in [0.717, 1.165) is 24.7 Å². The highest BCUT2D eigenvalue weighted by molar-refractivity contribution is 4.89. The van der Waals surface area contributed by atoms with E-state index in [0.29, 0.717) is 0 Å². The van der Waals surface area contributed by atoms with Crippen molar-refractivity contribution in [3.8, 4) is 0 Å². The van der Waals surface area contributed by atoms with Crippen LogP contribution in [-0.2, 0) is 0 Å². The summed E-state index contributed by atoms with van der Waals surface area (Å²) in [4.78, 5) is 0. The van der Waals surface area contributed by atoms with Gasteiger partial charge < -0.3 is 5.11 Å². The van der Waals surface area contributed by atoms with Gasteiger partial charge in [0.25, 0.3) is 0 Å². The molecule has 2 fully saturated rings. The van der Waals surface area contributed by atoms with Crippen molar-refractivity contribution in [3.63, 3.8) is 0 Å². The number of hydrogen-bond donors (Lipinski definition) is 1. The molecule has 0 spiro atoms. The Morgan fingerprint density at radius 2 is 1.75 bits per heavy atom. The molecule has 0 aromatic carbocycles. The Labute approximate surface area is 75.2 Å². The lowest BCUT2D eigenvalue weighted by molar-refractivity contribution is -0.0306. The summed E-state index contributed by atoms with van der Waals surface area (Å²) < 4.78 is 0. The van der Waals surface area contributed by atoms with Crippen molar-refractivity contribution in [1.29, 1.82) is 0 Å². The minimum absolute atomic E-state index is 0.335. The minimum Gasteiger partial charge on any atom is -0.390 e. The fourth-order valence-electron chi connectivity index (χ4n) is 3.10. The molecule has 2 aliphatic rings. The molecule has 0 radical (unpaired) electrons. The quantitative estimate of drug-likeness (QED) is 0.589. The molecule has 0 saturated heterocycles. The normalized spacial score (nSPS) is 48.5. The van der Waals surface area contributed by atoms with Gasteiger partial charge in [0, 0.05) is 0 Å². The smallest absolute Gasteiger partial charge is 0.0622 e. The zero-order chi connectivity index (χ0) is 8.60. The lowest BCUT2D eigenvalue weighted by Gasteiger charge is -2.42. The maximum Gasteiger partial charge on any atom is 0.0622 e. The zero-order valence-corrected chi connectivity index (χ0v) is 8.05. The van der Waals surface area contributed by atoms with Crippen molar-refractivity contribution in [2.75, 3.05) is 0 Å². The van der Waals surface area contributed by atoms with Gasteiger partial charge >= 0.3 is 0 Å². The molecular formula is C11H20O. The summed E-state index contributed by atoms with van der Waals surface area (Å²) in [6.07, 6.45) is 9.02. The summed E-state index contributed by atoms with van der Waals surface area (Å²) in [6, 6.07) is 0. The monoisotopic (exact) mass is 168 g/mol. The molecule has 0 aromatic heterocycles. The summed E-state index contributed by atoms with van der Waals surface area (Å²) in [5.74, 6) is 1.81. The lowest BCUT2D eigenvalue weighted by Crippen LogP contribution is -2.37. The average molecular weight is 168 g/mol. The van der Waals surface area contributed by atoms with Crippen LogP contribution in [0.5, 0.6) is 0 Å². The van der Waals surface area contributed by atoms with Gasteiger partial charge in [-0.1, -0.05) is 25.7 Å². The van der Waals surface area contributed by atoms with Crippen LogP contribution < -0.4 is 0 Å². The number of fused-ring (bicyclic) bond motifs is 1. The second kappa shape index (κ2) is 3.02. The van der Waals surface area contributed by atoms with E-state index >= 15 is 0 Å². The molecule has 1 N–H and O–H groups in total. The molecule has 2 rings (SSSR count). The van der Waals surface area contributed by atoms with Crippen LogP contribution >= 0.6 is 0 Å². The van der Waals surface area contributed by atoms with Crippen molar-refractivity contribution >= 4 is 0 Å². The molecule has 0 aliphatic heterocycles. The first kappa shape index (κ1) is 8.55. The molecule has 12 heavy (non-hydrogen) atoms. The van der Waals surface area contributed by atoms with E-state index in [1.165, 1.54) is 32.1 Å². The first-order valence-electron chi connectivity index (χ1n) is 5.40. The summed E-state index contributed by atoms with van der Waals surface area (Å²) in [7, 11) is 0. The van der Waals surface area contributed by atoms with Crippen LogP contribution in [0.4, 0.5) is 0 Å². The third-order valence-electron chi connectivity index (χ3n) is 3.82. The Bertz CT molecular complexity index is 162. The van der Waals surface area contributed by atoms with E-state index in [4.69, 9.17) is 0 Å². The SMILES string of the molecule is CC1(O)CCC2CCCCC2C1. The average Bonchev–Trinajstić information content (AvgIpc) is 2.02. The largest absolute Gasteiger partial charge is 0.390 e. The molecule has 0 aromatic rings. The van der Waals surface area contributed by atoms with Crippen molar-refractivity contribution in [2.24, 2.45) is 11.8 Å². The second-order valence-corrected chi connectivity index (χ2v) is 5.04. The summed E-state index contributed by atoms with van der Waals surface area (Å²) in [6.45, 7) is 2.01. The predicted molar refractivity (Wildman–Crippen MR) is 49.9 cm³/mol. The van der Waals surface area contributed by atoms with Crippen LogP contribution in [0, 0.1) is 11.8 Å². The minimum atomic E-state index is -0.335. The van der Waals surface area contributed by atoms with Crippen LogP contribution in [0.1, 0.15) is 51.9 Å². The Morgan fingerprint density at radius 3 is 2.50 bits per heavy atom. The van der Waals surface area contributed by atoms with Gasteiger partial charge in [0.15, 0.2) is 0 Å². The Balaban J connectivity index is 1.99. The lowest BCUT2D eigenvalue weighted by atomic mass is 9.66. The van der Waals surface area contributed by atoms with Gasteiger partial charge in [-0.3, -0.25) is 0 Å². The Kier molecular flexibility index (Phi) is 2.16. The number of hydrogen-bond acceptors (Lipinski definition) is 1. The Hall–Kier alpha value is -0.0400. The first-order valence-corrected chi connectivity index (χ1v) is 5.40. The Morgan fingerprint density at radius 1 is 1.08 bits per heavy atom. The predicted octanol–water partition coefficient (Wildman–Crippen LogP) is 2.73. The topological polar surface area (TPSA) is 20.2 Å². The maximum atomic E-state index is 9.91. The third kappa shape index (κ3) is 1.66. The van der Waals surface area contributed by atoms with Gasteiger partial charge in [-0.05, 0) is 38.0 Å². The van der Waals surface area contributed by atoms with Crippen molar-refractivity contribution in [1.82, 2.24) is 0 Å². The van der Waals surface area contributed by atoms with Gasteiger partial charge in [0.2, 0.25) is 0 Å². The van der Waals surface area contributed by atoms with Crippen molar-refractivity contribution in [2.45, 2.75) is 57.5 Å². The highest BCUT2D eigenvalue weighted by Crippen LogP contribution is 2.43. The molecule has 0 amide bonds. The molecular weight excluding hydrogens is 148 g/mol. The second-order valence-electron chi connectivity index (χ2n) is 5.04. The molecule has 3 atom stereocenters. The molecule has 1 heteroatoms. The first-order chi connectivity index (χ1) is 5.67. The van der Waals surface area contributed by atoms with Gasteiger partial charge in [-0.25, -0.2) is 0 Å².